The Hall–Kier alpha value is -4.13. The number of ether oxygens (including phenoxy) is 2. The van der Waals surface area contributed by atoms with Gasteiger partial charge in [0, 0.05) is 5.56 Å². The predicted molar refractivity (Wildman–Crippen MR) is 116 cm³/mol. The molecule has 156 valence electrons. The Morgan fingerprint density at radius 3 is 2.03 bits per heavy atom. The Kier molecular flexibility index (Phi) is 5.93. The van der Waals surface area contributed by atoms with Crippen molar-refractivity contribution < 1.29 is 18.9 Å². The number of carbonyl (C=O) groups excluding carboxylic acids is 1. The van der Waals surface area contributed by atoms with Crippen LogP contribution in [0, 0.1) is 0 Å². The van der Waals surface area contributed by atoms with Crippen LogP contribution in [0.25, 0.3) is 11.3 Å². The van der Waals surface area contributed by atoms with Gasteiger partial charge in [0.15, 0.2) is 17.2 Å². The van der Waals surface area contributed by atoms with Gasteiger partial charge in [-0.2, -0.15) is 0 Å². The number of anilines is 1. The molecule has 3 aromatic carbocycles. The Morgan fingerprint density at radius 1 is 0.839 bits per heavy atom. The van der Waals surface area contributed by atoms with Gasteiger partial charge >= 0.3 is 0 Å². The first-order chi connectivity index (χ1) is 15.2. The molecule has 7 heteroatoms. The molecule has 0 fully saturated rings. The maximum atomic E-state index is 13.4. The van der Waals surface area contributed by atoms with Crippen LogP contribution in [0.15, 0.2) is 83.5 Å². The molecule has 0 saturated heterocycles. The molecule has 0 spiro atoms. The second-order valence-electron chi connectivity index (χ2n) is 6.77. The van der Waals surface area contributed by atoms with Crippen molar-refractivity contribution in [3.05, 3.63) is 90.0 Å². The number of carbonyl (C=O) groups is 1. The number of hydrogen-bond acceptors (Lipinski definition) is 6. The largest absolute Gasteiger partial charge is 0.493 e. The van der Waals surface area contributed by atoms with E-state index in [0.717, 1.165) is 11.1 Å². The van der Waals surface area contributed by atoms with Gasteiger partial charge in [0.05, 0.1) is 20.1 Å². The standard InChI is InChI=1S/C24H21N3O4/c1-29-19-14-13-18(15-20(19)30-2)22-23(27-31-26-22)25-24(28)21(16-9-5-3-6-10-16)17-11-7-4-8-12-17/h3-15,21H,1-2H3,(H,25,27,28). The fourth-order valence-corrected chi connectivity index (χ4v) is 3.42. The van der Waals surface area contributed by atoms with Gasteiger partial charge in [-0.1, -0.05) is 60.7 Å². The van der Waals surface area contributed by atoms with E-state index < -0.39 is 5.92 Å². The van der Waals surface area contributed by atoms with Crippen LogP contribution < -0.4 is 14.8 Å². The number of amides is 1. The molecule has 1 amide bonds. The van der Waals surface area contributed by atoms with Crippen molar-refractivity contribution in [3.8, 4) is 22.8 Å². The monoisotopic (exact) mass is 415 g/mol. The molecule has 31 heavy (non-hydrogen) atoms. The molecule has 4 rings (SSSR count). The summed E-state index contributed by atoms with van der Waals surface area (Å²) in [6.45, 7) is 0. The molecule has 0 aliphatic heterocycles. The molecule has 0 unspecified atom stereocenters. The lowest BCUT2D eigenvalue weighted by Crippen LogP contribution is -2.22. The van der Waals surface area contributed by atoms with E-state index in [4.69, 9.17) is 14.1 Å². The highest BCUT2D eigenvalue weighted by Gasteiger charge is 2.25. The lowest BCUT2D eigenvalue weighted by molar-refractivity contribution is -0.116. The summed E-state index contributed by atoms with van der Waals surface area (Å²) in [5.74, 6) is 0.592. The van der Waals surface area contributed by atoms with E-state index in [1.54, 1.807) is 32.4 Å². The normalized spacial score (nSPS) is 10.7. The average molecular weight is 415 g/mol. The second-order valence-corrected chi connectivity index (χ2v) is 6.77. The zero-order valence-corrected chi connectivity index (χ0v) is 17.1. The maximum absolute atomic E-state index is 13.4. The number of benzene rings is 3. The smallest absolute Gasteiger partial charge is 0.237 e. The van der Waals surface area contributed by atoms with Crippen LogP contribution in [-0.2, 0) is 4.79 Å². The number of aromatic nitrogens is 2. The Morgan fingerprint density at radius 2 is 1.45 bits per heavy atom. The number of rotatable bonds is 7. The van der Waals surface area contributed by atoms with E-state index in [1.807, 2.05) is 60.7 Å². The molecule has 0 bridgehead atoms. The highest BCUT2D eigenvalue weighted by molar-refractivity contribution is 5.99. The summed E-state index contributed by atoms with van der Waals surface area (Å²) < 4.78 is 15.6. The number of methoxy groups -OCH3 is 2. The van der Waals surface area contributed by atoms with Gasteiger partial charge in [-0.3, -0.25) is 4.79 Å². The van der Waals surface area contributed by atoms with E-state index >= 15 is 0 Å². The predicted octanol–water partition coefficient (Wildman–Crippen LogP) is 4.52. The van der Waals surface area contributed by atoms with Crippen LogP contribution in [-0.4, -0.2) is 30.4 Å². The first-order valence-electron chi connectivity index (χ1n) is 9.67. The third-order valence-corrected chi connectivity index (χ3v) is 4.92. The van der Waals surface area contributed by atoms with Gasteiger partial charge in [0.2, 0.25) is 11.7 Å². The Balaban J connectivity index is 1.67. The SMILES string of the molecule is COc1ccc(-c2nonc2NC(=O)C(c2ccccc2)c2ccccc2)cc1OC. The second kappa shape index (κ2) is 9.13. The van der Waals surface area contributed by atoms with Crippen molar-refractivity contribution in [1.82, 2.24) is 10.3 Å². The van der Waals surface area contributed by atoms with Crippen molar-refractivity contribution in [1.29, 1.82) is 0 Å². The van der Waals surface area contributed by atoms with Crippen LogP contribution in [0.3, 0.4) is 0 Å². The van der Waals surface area contributed by atoms with Gasteiger partial charge in [-0.25, -0.2) is 4.63 Å². The average Bonchev–Trinajstić information content (AvgIpc) is 3.28. The van der Waals surface area contributed by atoms with E-state index in [2.05, 4.69) is 15.6 Å². The lowest BCUT2D eigenvalue weighted by atomic mass is 9.90. The molecule has 0 atom stereocenters. The zero-order valence-electron chi connectivity index (χ0n) is 17.1. The minimum atomic E-state index is -0.516. The molecule has 1 heterocycles. The summed E-state index contributed by atoms with van der Waals surface area (Å²) in [5, 5.41) is 10.8. The van der Waals surface area contributed by atoms with Crippen molar-refractivity contribution in [2.45, 2.75) is 5.92 Å². The van der Waals surface area contributed by atoms with Gasteiger partial charge in [-0.15, -0.1) is 0 Å². The number of hydrogen-bond donors (Lipinski definition) is 1. The minimum Gasteiger partial charge on any atom is -0.493 e. The van der Waals surface area contributed by atoms with Crippen LogP contribution >= 0.6 is 0 Å². The molecule has 1 N–H and O–H groups in total. The van der Waals surface area contributed by atoms with Crippen LogP contribution in [0.5, 0.6) is 11.5 Å². The maximum Gasteiger partial charge on any atom is 0.237 e. The molecular weight excluding hydrogens is 394 g/mol. The van der Waals surface area contributed by atoms with Crippen molar-refractivity contribution in [3.63, 3.8) is 0 Å². The molecule has 7 nitrogen and oxygen atoms in total. The highest BCUT2D eigenvalue weighted by Crippen LogP contribution is 2.34. The number of nitrogens with zero attached hydrogens (tertiary/aromatic N) is 2. The summed E-state index contributed by atoms with van der Waals surface area (Å²) in [5.41, 5.74) is 2.81. The third kappa shape index (κ3) is 4.25. The Labute approximate surface area is 179 Å². The van der Waals surface area contributed by atoms with E-state index in [-0.39, 0.29) is 11.7 Å². The van der Waals surface area contributed by atoms with E-state index in [9.17, 15) is 4.79 Å². The molecule has 0 radical (unpaired) electrons. The van der Waals surface area contributed by atoms with Crippen molar-refractivity contribution in [2.24, 2.45) is 0 Å². The first kappa shape index (κ1) is 20.2. The quantitative estimate of drug-likeness (QED) is 0.477. The first-order valence-corrected chi connectivity index (χ1v) is 9.67. The van der Waals surface area contributed by atoms with Crippen LogP contribution in [0.4, 0.5) is 5.82 Å². The summed E-state index contributed by atoms with van der Waals surface area (Å²) >= 11 is 0. The molecule has 0 saturated carbocycles. The zero-order chi connectivity index (χ0) is 21.6. The van der Waals surface area contributed by atoms with Gasteiger partial charge in [0.25, 0.3) is 0 Å². The van der Waals surface area contributed by atoms with Gasteiger partial charge in [-0.05, 0) is 39.6 Å². The lowest BCUT2D eigenvalue weighted by Gasteiger charge is -2.17. The minimum absolute atomic E-state index is 0.231. The Bertz CT molecular complexity index is 1120. The molecule has 4 aromatic rings. The number of nitrogens with one attached hydrogen (secondary N) is 1. The molecule has 0 aliphatic carbocycles. The molecule has 1 aromatic heterocycles. The highest BCUT2D eigenvalue weighted by atomic mass is 16.6. The summed E-state index contributed by atoms with van der Waals surface area (Å²) in [6.07, 6.45) is 0. The van der Waals surface area contributed by atoms with Gasteiger partial charge < -0.3 is 14.8 Å². The third-order valence-electron chi connectivity index (χ3n) is 4.92. The molecular formula is C24H21N3O4. The van der Waals surface area contributed by atoms with Crippen LogP contribution in [0.2, 0.25) is 0 Å². The van der Waals surface area contributed by atoms with Gasteiger partial charge in [0.1, 0.15) is 0 Å². The molecule has 0 aliphatic rings. The summed E-state index contributed by atoms with van der Waals surface area (Å²) in [6, 6.07) is 24.5. The topological polar surface area (TPSA) is 86.5 Å². The van der Waals surface area contributed by atoms with Crippen molar-refractivity contribution in [2.75, 3.05) is 19.5 Å². The van der Waals surface area contributed by atoms with E-state index in [0.29, 0.717) is 22.8 Å². The fourth-order valence-electron chi connectivity index (χ4n) is 3.42. The summed E-state index contributed by atoms with van der Waals surface area (Å²) in [4.78, 5) is 13.4. The van der Waals surface area contributed by atoms with Crippen LogP contribution in [0.1, 0.15) is 17.0 Å². The van der Waals surface area contributed by atoms with Crippen molar-refractivity contribution >= 4 is 11.7 Å². The van der Waals surface area contributed by atoms with E-state index in [1.165, 1.54) is 0 Å². The fraction of sp³-hybridized carbons (Fsp3) is 0.125. The summed E-state index contributed by atoms with van der Waals surface area (Å²) in [7, 11) is 3.11.